The van der Waals surface area contributed by atoms with Crippen molar-refractivity contribution in [2.75, 3.05) is 7.11 Å². The van der Waals surface area contributed by atoms with Crippen molar-refractivity contribution in [1.29, 1.82) is 0 Å². The van der Waals surface area contributed by atoms with Crippen molar-refractivity contribution in [2.24, 2.45) is 0 Å². The second-order valence-corrected chi connectivity index (χ2v) is 4.64. The average molecular weight is 294 g/mol. The van der Waals surface area contributed by atoms with E-state index in [1.807, 2.05) is 36.4 Å². The summed E-state index contributed by atoms with van der Waals surface area (Å²) in [5.41, 5.74) is 1.94. The van der Waals surface area contributed by atoms with E-state index in [1.54, 1.807) is 31.4 Å². The van der Waals surface area contributed by atoms with Gasteiger partial charge in [-0.05, 0) is 35.8 Å². The van der Waals surface area contributed by atoms with E-state index in [2.05, 4.69) is 6.58 Å². The van der Waals surface area contributed by atoms with Crippen LogP contribution in [-0.4, -0.2) is 13.1 Å². The van der Waals surface area contributed by atoms with Crippen LogP contribution in [0, 0.1) is 0 Å². The SMILES string of the molecule is C=CCc1ccc(OC)c(OC(=O)/C=C/c2ccccc2)c1. The fourth-order valence-corrected chi connectivity index (χ4v) is 1.97. The summed E-state index contributed by atoms with van der Waals surface area (Å²) in [7, 11) is 1.54. The fourth-order valence-electron chi connectivity index (χ4n) is 1.97. The Balaban J connectivity index is 2.11. The molecule has 0 saturated carbocycles. The van der Waals surface area contributed by atoms with E-state index in [-0.39, 0.29) is 0 Å². The molecule has 112 valence electrons. The zero-order valence-electron chi connectivity index (χ0n) is 12.5. The molecule has 3 heteroatoms. The molecular formula is C19H18O3. The van der Waals surface area contributed by atoms with Gasteiger partial charge in [-0.3, -0.25) is 0 Å². The third-order valence-corrected chi connectivity index (χ3v) is 3.03. The van der Waals surface area contributed by atoms with E-state index < -0.39 is 5.97 Å². The molecule has 22 heavy (non-hydrogen) atoms. The van der Waals surface area contributed by atoms with Gasteiger partial charge >= 0.3 is 5.97 Å². The first kappa shape index (κ1) is 15.6. The Labute approximate surface area is 130 Å². The number of hydrogen-bond donors (Lipinski definition) is 0. The van der Waals surface area contributed by atoms with Crippen LogP contribution in [0.15, 0.2) is 67.3 Å². The van der Waals surface area contributed by atoms with Gasteiger partial charge in [0, 0.05) is 6.08 Å². The Morgan fingerprint density at radius 3 is 2.59 bits per heavy atom. The van der Waals surface area contributed by atoms with Gasteiger partial charge in [0.1, 0.15) is 0 Å². The van der Waals surface area contributed by atoms with E-state index in [0.717, 1.165) is 11.1 Å². The number of esters is 1. The first-order valence-corrected chi connectivity index (χ1v) is 6.95. The molecule has 0 fully saturated rings. The lowest BCUT2D eigenvalue weighted by Gasteiger charge is -2.09. The van der Waals surface area contributed by atoms with Crippen LogP contribution in [0.2, 0.25) is 0 Å². The standard InChI is InChI=1S/C19H18O3/c1-3-7-16-10-12-17(21-2)18(14-16)22-19(20)13-11-15-8-5-4-6-9-15/h3-6,8-14H,1,7H2,2H3/b13-11+. The van der Waals surface area contributed by atoms with Crippen molar-refractivity contribution in [3.05, 3.63) is 78.4 Å². The number of benzene rings is 2. The molecule has 0 saturated heterocycles. The minimum Gasteiger partial charge on any atom is -0.493 e. The summed E-state index contributed by atoms with van der Waals surface area (Å²) in [5, 5.41) is 0. The van der Waals surface area contributed by atoms with E-state index >= 15 is 0 Å². The number of allylic oxidation sites excluding steroid dienone is 1. The smallest absolute Gasteiger partial charge is 0.336 e. The second-order valence-electron chi connectivity index (χ2n) is 4.64. The third-order valence-electron chi connectivity index (χ3n) is 3.03. The van der Waals surface area contributed by atoms with Crippen molar-refractivity contribution in [2.45, 2.75) is 6.42 Å². The molecule has 0 N–H and O–H groups in total. The predicted octanol–water partition coefficient (Wildman–Crippen LogP) is 4.04. The van der Waals surface area contributed by atoms with Crippen LogP contribution in [0.25, 0.3) is 6.08 Å². The normalized spacial score (nSPS) is 10.4. The summed E-state index contributed by atoms with van der Waals surface area (Å²) in [4.78, 5) is 11.9. The summed E-state index contributed by atoms with van der Waals surface area (Å²) in [6, 6.07) is 15.0. The van der Waals surface area contributed by atoms with Crippen LogP contribution >= 0.6 is 0 Å². The lowest BCUT2D eigenvalue weighted by Crippen LogP contribution is -2.05. The van der Waals surface area contributed by atoms with Crippen LogP contribution in [0.5, 0.6) is 11.5 Å². The molecule has 0 atom stereocenters. The number of carbonyl (C=O) groups is 1. The van der Waals surface area contributed by atoms with Crippen LogP contribution in [0.3, 0.4) is 0 Å². The maximum Gasteiger partial charge on any atom is 0.336 e. The number of ether oxygens (including phenoxy) is 2. The zero-order chi connectivity index (χ0) is 15.8. The molecule has 0 aliphatic rings. The maximum absolute atomic E-state index is 11.9. The van der Waals surface area contributed by atoms with Crippen molar-refractivity contribution in [3.8, 4) is 11.5 Å². The molecule has 2 aromatic carbocycles. The topological polar surface area (TPSA) is 35.5 Å². The average Bonchev–Trinajstić information content (AvgIpc) is 2.54. The fraction of sp³-hybridized carbons (Fsp3) is 0.105. The van der Waals surface area contributed by atoms with Crippen LogP contribution in [-0.2, 0) is 11.2 Å². The molecule has 0 aliphatic heterocycles. The first-order valence-electron chi connectivity index (χ1n) is 6.95. The number of hydrogen-bond acceptors (Lipinski definition) is 3. The largest absolute Gasteiger partial charge is 0.493 e. The van der Waals surface area contributed by atoms with Crippen molar-refractivity contribution in [3.63, 3.8) is 0 Å². The van der Waals surface area contributed by atoms with Gasteiger partial charge in [0.05, 0.1) is 7.11 Å². The molecule has 0 heterocycles. The van der Waals surface area contributed by atoms with E-state index in [4.69, 9.17) is 9.47 Å². The molecule has 3 nitrogen and oxygen atoms in total. The second kappa shape index (κ2) is 7.84. The molecule has 0 amide bonds. The van der Waals surface area contributed by atoms with Crippen LogP contribution in [0.1, 0.15) is 11.1 Å². The highest BCUT2D eigenvalue weighted by Crippen LogP contribution is 2.28. The number of rotatable bonds is 6. The summed E-state index contributed by atoms with van der Waals surface area (Å²) in [6.45, 7) is 3.70. The van der Waals surface area contributed by atoms with Gasteiger partial charge in [0.15, 0.2) is 11.5 Å². The highest BCUT2D eigenvalue weighted by Gasteiger charge is 2.08. The Morgan fingerprint density at radius 1 is 1.14 bits per heavy atom. The Hall–Kier alpha value is -2.81. The minimum absolute atomic E-state index is 0.407. The van der Waals surface area contributed by atoms with Crippen LogP contribution in [0.4, 0.5) is 0 Å². The van der Waals surface area contributed by atoms with Crippen molar-refractivity contribution >= 4 is 12.0 Å². The Morgan fingerprint density at radius 2 is 1.91 bits per heavy atom. The van der Waals surface area contributed by atoms with Crippen molar-refractivity contribution in [1.82, 2.24) is 0 Å². The third kappa shape index (κ3) is 4.35. The van der Waals surface area contributed by atoms with Gasteiger partial charge in [-0.1, -0.05) is 42.5 Å². The molecule has 0 unspecified atom stereocenters. The van der Waals surface area contributed by atoms with Crippen LogP contribution < -0.4 is 9.47 Å². The first-order chi connectivity index (χ1) is 10.7. The van der Waals surface area contributed by atoms with E-state index in [0.29, 0.717) is 17.9 Å². The van der Waals surface area contributed by atoms with Crippen molar-refractivity contribution < 1.29 is 14.3 Å². The quantitative estimate of drug-likeness (QED) is 0.349. The Kier molecular flexibility index (Phi) is 5.55. The van der Waals surface area contributed by atoms with Gasteiger partial charge in [-0.2, -0.15) is 0 Å². The molecule has 2 aromatic rings. The summed E-state index contributed by atoms with van der Waals surface area (Å²) in [6.07, 6.45) is 5.61. The van der Waals surface area contributed by atoms with Gasteiger partial charge in [0.25, 0.3) is 0 Å². The molecule has 0 spiro atoms. The summed E-state index contributed by atoms with van der Waals surface area (Å²) >= 11 is 0. The lowest BCUT2D eigenvalue weighted by atomic mass is 10.1. The maximum atomic E-state index is 11.9. The monoisotopic (exact) mass is 294 g/mol. The molecule has 2 rings (SSSR count). The molecule has 0 aromatic heterocycles. The van der Waals surface area contributed by atoms with E-state index in [9.17, 15) is 4.79 Å². The zero-order valence-corrected chi connectivity index (χ0v) is 12.5. The highest BCUT2D eigenvalue weighted by molar-refractivity contribution is 5.89. The predicted molar refractivity (Wildman–Crippen MR) is 88.0 cm³/mol. The molecular weight excluding hydrogens is 276 g/mol. The molecule has 0 radical (unpaired) electrons. The molecule has 0 bridgehead atoms. The summed E-state index contributed by atoms with van der Waals surface area (Å²) in [5.74, 6) is 0.483. The minimum atomic E-state index is -0.446. The molecule has 0 aliphatic carbocycles. The van der Waals surface area contributed by atoms with E-state index in [1.165, 1.54) is 6.08 Å². The highest BCUT2D eigenvalue weighted by atomic mass is 16.6. The van der Waals surface area contributed by atoms with Gasteiger partial charge < -0.3 is 9.47 Å². The van der Waals surface area contributed by atoms with Gasteiger partial charge in [0.2, 0.25) is 0 Å². The number of carbonyl (C=O) groups excluding carboxylic acids is 1. The van der Waals surface area contributed by atoms with Gasteiger partial charge in [-0.25, -0.2) is 4.79 Å². The van der Waals surface area contributed by atoms with Gasteiger partial charge in [-0.15, -0.1) is 6.58 Å². The lowest BCUT2D eigenvalue weighted by molar-refractivity contribution is -0.129. The Bertz CT molecular complexity index is 672. The summed E-state index contributed by atoms with van der Waals surface area (Å²) < 4.78 is 10.6. The number of methoxy groups -OCH3 is 1.